The Morgan fingerprint density at radius 3 is 2.77 bits per heavy atom. The summed E-state index contributed by atoms with van der Waals surface area (Å²) in [6.45, 7) is 4.27. The molecule has 3 heteroatoms. The summed E-state index contributed by atoms with van der Waals surface area (Å²) < 4.78 is 0. The van der Waals surface area contributed by atoms with E-state index in [9.17, 15) is 4.79 Å². The molecule has 76 valence electrons. The Hall–Kier alpha value is -0.240. The number of likely N-dealkylation sites (tertiary alicyclic amines) is 1. The van der Waals surface area contributed by atoms with Gasteiger partial charge in [0.1, 0.15) is 0 Å². The maximum atomic E-state index is 11.7. The van der Waals surface area contributed by atoms with Crippen LogP contribution in [0.4, 0.5) is 0 Å². The molecule has 1 fully saturated rings. The van der Waals surface area contributed by atoms with Crippen LogP contribution in [0.1, 0.15) is 39.5 Å². The smallest absolute Gasteiger partial charge is 0.224 e. The first-order valence-electron chi connectivity index (χ1n) is 5.07. The van der Waals surface area contributed by atoms with Crippen LogP contribution in [0.2, 0.25) is 0 Å². The third kappa shape index (κ3) is 2.37. The van der Waals surface area contributed by atoms with Gasteiger partial charge in [0, 0.05) is 24.4 Å². The van der Waals surface area contributed by atoms with Gasteiger partial charge in [-0.2, -0.15) is 0 Å². The summed E-state index contributed by atoms with van der Waals surface area (Å²) in [6, 6.07) is 0.881. The highest BCUT2D eigenvalue weighted by atomic mass is 35.5. The standard InChI is InChI=1S/C10H18ClNO/c1-3-9-5-4-8(2)12(9)10(13)6-7-11/h8-9H,3-7H2,1-2H3. The fourth-order valence-corrected chi connectivity index (χ4v) is 2.29. The minimum atomic E-state index is 0.229. The van der Waals surface area contributed by atoms with Crippen LogP contribution in [0, 0.1) is 0 Å². The topological polar surface area (TPSA) is 20.3 Å². The second kappa shape index (κ2) is 4.85. The summed E-state index contributed by atoms with van der Waals surface area (Å²) in [7, 11) is 0. The highest BCUT2D eigenvalue weighted by Gasteiger charge is 2.32. The second-order valence-electron chi connectivity index (χ2n) is 3.73. The molecule has 0 aromatic carbocycles. The summed E-state index contributed by atoms with van der Waals surface area (Å²) in [5, 5.41) is 0. The van der Waals surface area contributed by atoms with Crippen molar-refractivity contribution < 1.29 is 4.79 Å². The number of nitrogens with zero attached hydrogens (tertiary/aromatic N) is 1. The van der Waals surface area contributed by atoms with Crippen LogP contribution in [0.3, 0.4) is 0 Å². The molecule has 0 aromatic heterocycles. The first-order chi connectivity index (χ1) is 6.20. The molecule has 2 nitrogen and oxygen atoms in total. The van der Waals surface area contributed by atoms with Crippen LogP contribution in [-0.4, -0.2) is 28.8 Å². The van der Waals surface area contributed by atoms with Gasteiger partial charge in [-0.15, -0.1) is 11.6 Å². The molecule has 0 aliphatic carbocycles. The van der Waals surface area contributed by atoms with E-state index in [1.54, 1.807) is 0 Å². The van der Waals surface area contributed by atoms with Crippen molar-refractivity contribution >= 4 is 17.5 Å². The van der Waals surface area contributed by atoms with Crippen LogP contribution in [-0.2, 0) is 4.79 Å². The average Bonchev–Trinajstić information content (AvgIpc) is 2.47. The zero-order valence-corrected chi connectivity index (χ0v) is 9.18. The third-order valence-electron chi connectivity index (χ3n) is 2.85. The summed E-state index contributed by atoms with van der Waals surface area (Å²) in [5.74, 6) is 0.672. The van der Waals surface area contributed by atoms with Gasteiger partial charge >= 0.3 is 0 Å². The van der Waals surface area contributed by atoms with Crippen LogP contribution in [0.5, 0.6) is 0 Å². The summed E-state index contributed by atoms with van der Waals surface area (Å²) in [4.78, 5) is 13.7. The Balaban J connectivity index is 2.58. The molecule has 0 spiro atoms. The molecular formula is C10H18ClNO. The second-order valence-corrected chi connectivity index (χ2v) is 4.11. The molecule has 1 aliphatic rings. The number of carbonyl (C=O) groups is 1. The lowest BCUT2D eigenvalue weighted by atomic mass is 10.1. The van der Waals surface area contributed by atoms with Crippen molar-refractivity contribution in [3.8, 4) is 0 Å². The van der Waals surface area contributed by atoms with Crippen LogP contribution >= 0.6 is 11.6 Å². The monoisotopic (exact) mass is 203 g/mol. The fraction of sp³-hybridized carbons (Fsp3) is 0.900. The highest BCUT2D eigenvalue weighted by molar-refractivity contribution is 6.18. The normalized spacial score (nSPS) is 28.1. The van der Waals surface area contributed by atoms with Gasteiger partial charge in [0.2, 0.25) is 5.91 Å². The zero-order chi connectivity index (χ0) is 9.84. The minimum absolute atomic E-state index is 0.229. The van der Waals surface area contributed by atoms with Gasteiger partial charge in [0.15, 0.2) is 0 Å². The van der Waals surface area contributed by atoms with Crippen molar-refractivity contribution in [2.45, 2.75) is 51.6 Å². The quantitative estimate of drug-likeness (QED) is 0.646. The van der Waals surface area contributed by atoms with E-state index in [0.717, 1.165) is 19.3 Å². The van der Waals surface area contributed by atoms with E-state index in [4.69, 9.17) is 11.6 Å². The predicted octanol–water partition coefficient (Wildman–Crippen LogP) is 2.40. The van der Waals surface area contributed by atoms with Crippen molar-refractivity contribution in [1.82, 2.24) is 4.90 Å². The largest absolute Gasteiger partial charge is 0.337 e. The van der Waals surface area contributed by atoms with Gasteiger partial charge in [-0.3, -0.25) is 4.79 Å². The molecule has 1 heterocycles. The Labute approximate surface area is 85.2 Å². The van der Waals surface area contributed by atoms with Crippen LogP contribution in [0.25, 0.3) is 0 Å². The van der Waals surface area contributed by atoms with Gasteiger partial charge in [-0.1, -0.05) is 6.92 Å². The van der Waals surface area contributed by atoms with Crippen molar-refractivity contribution in [1.29, 1.82) is 0 Å². The van der Waals surface area contributed by atoms with Gasteiger partial charge < -0.3 is 4.90 Å². The number of hydrogen-bond donors (Lipinski definition) is 0. The van der Waals surface area contributed by atoms with Gasteiger partial charge in [-0.25, -0.2) is 0 Å². The van der Waals surface area contributed by atoms with E-state index in [-0.39, 0.29) is 5.91 Å². The summed E-state index contributed by atoms with van der Waals surface area (Å²) in [6.07, 6.45) is 3.86. The first-order valence-corrected chi connectivity index (χ1v) is 5.61. The van der Waals surface area contributed by atoms with Gasteiger partial charge in [0.05, 0.1) is 0 Å². The molecule has 0 bridgehead atoms. The molecular weight excluding hydrogens is 186 g/mol. The number of carbonyl (C=O) groups excluding carboxylic acids is 1. The Kier molecular flexibility index (Phi) is 4.04. The molecule has 1 amide bonds. The first kappa shape index (κ1) is 10.8. The summed E-state index contributed by atoms with van der Waals surface area (Å²) >= 11 is 5.57. The van der Waals surface area contributed by atoms with Gasteiger partial charge in [0.25, 0.3) is 0 Å². The Bertz CT molecular complexity index is 184. The van der Waals surface area contributed by atoms with E-state index >= 15 is 0 Å². The number of alkyl halides is 1. The van der Waals surface area contributed by atoms with Gasteiger partial charge in [-0.05, 0) is 26.2 Å². The molecule has 0 aromatic rings. The maximum Gasteiger partial charge on any atom is 0.224 e. The van der Waals surface area contributed by atoms with E-state index in [1.807, 2.05) is 4.90 Å². The molecule has 1 saturated heterocycles. The van der Waals surface area contributed by atoms with Crippen molar-refractivity contribution in [3.05, 3.63) is 0 Å². The lowest BCUT2D eigenvalue weighted by molar-refractivity contribution is -0.133. The molecule has 2 atom stereocenters. The Morgan fingerprint density at radius 2 is 2.23 bits per heavy atom. The number of halogens is 1. The zero-order valence-electron chi connectivity index (χ0n) is 8.42. The number of rotatable bonds is 3. The average molecular weight is 204 g/mol. The number of hydrogen-bond acceptors (Lipinski definition) is 1. The van der Waals surface area contributed by atoms with E-state index < -0.39 is 0 Å². The molecule has 0 radical (unpaired) electrons. The molecule has 0 saturated carbocycles. The minimum Gasteiger partial charge on any atom is -0.337 e. The van der Waals surface area contributed by atoms with E-state index in [2.05, 4.69) is 13.8 Å². The third-order valence-corrected chi connectivity index (χ3v) is 3.04. The van der Waals surface area contributed by atoms with Crippen LogP contribution in [0.15, 0.2) is 0 Å². The van der Waals surface area contributed by atoms with Crippen molar-refractivity contribution in [2.24, 2.45) is 0 Å². The molecule has 1 aliphatic heterocycles. The summed E-state index contributed by atoms with van der Waals surface area (Å²) in [5.41, 5.74) is 0. The van der Waals surface area contributed by atoms with Crippen molar-refractivity contribution in [2.75, 3.05) is 5.88 Å². The number of amides is 1. The van der Waals surface area contributed by atoms with Crippen LogP contribution < -0.4 is 0 Å². The van der Waals surface area contributed by atoms with E-state index in [1.165, 1.54) is 0 Å². The molecule has 1 rings (SSSR count). The lowest BCUT2D eigenvalue weighted by Crippen LogP contribution is -2.39. The molecule has 0 N–H and O–H groups in total. The molecule has 2 unspecified atom stereocenters. The molecule has 13 heavy (non-hydrogen) atoms. The van der Waals surface area contributed by atoms with E-state index in [0.29, 0.717) is 24.4 Å². The fourth-order valence-electron chi connectivity index (χ4n) is 2.13. The lowest BCUT2D eigenvalue weighted by Gasteiger charge is -2.27. The predicted molar refractivity (Wildman–Crippen MR) is 55.0 cm³/mol. The van der Waals surface area contributed by atoms with Crippen molar-refractivity contribution in [3.63, 3.8) is 0 Å². The maximum absolute atomic E-state index is 11.7. The highest BCUT2D eigenvalue weighted by Crippen LogP contribution is 2.26. The Morgan fingerprint density at radius 1 is 1.54 bits per heavy atom. The SMILES string of the molecule is CCC1CCC(C)N1C(=O)CCCl.